The number of hydrogen-bond donors (Lipinski definition) is 0. The summed E-state index contributed by atoms with van der Waals surface area (Å²) < 4.78 is 35.4. The molecule has 0 saturated carbocycles. The third kappa shape index (κ3) is 5.43. The maximum Gasteiger partial charge on any atom is 0.312 e. The van der Waals surface area contributed by atoms with Crippen LogP contribution in [0.3, 0.4) is 0 Å². The Kier molecular flexibility index (Phi) is 7.37. The molecule has 0 aliphatic heterocycles. The third-order valence-corrected chi connectivity index (χ3v) is 3.80. The van der Waals surface area contributed by atoms with Crippen molar-refractivity contribution in [3.63, 3.8) is 0 Å². The van der Waals surface area contributed by atoms with Crippen LogP contribution in [0, 0.1) is 21.7 Å². The zero-order chi connectivity index (χ0) is 17.6. The van der Waals surface area contributed by atoms with Crippen LogP contribution in [0.2, 0.25) is 0 Å². The summed E-state index contributed by atoms with van der Waals surface area (Å²) in [7, 11) is 2.75. The molecule has 5 nitrogen and oxygen atoms in total. The normalized spacial score (nSPS) is 9.65. The lowest BCUT2D eigenvalue weighted by molar-refractivity contribution is -0.385. The van der Waals surface area contributed by atoms with Gasteiger partial charge in [0.05, 0.1) is 28.1 Å². The van der Waals surface area contributed by atoms with E-state index in [2.05, 4.69) is 36.6 Å². The van der Waals surface area contributed by atoms with Gasteiger partial charge in [0.2, 0.25) is 0 Å². The molecule has 23 heavy (non-hydrogen) atoms. The van der Waals surface area contributed by atoms with Gasteiger partial charge in [-0.3, -0.25) is 10.1 Å². The van der Waals surface area contributed by atoms with Crippen molar-refractivity contribution < 1.29 is 23.2 Å². The molecule has 2 aromatic rings. The number of nitro groups is 1. The average Bonchev–Trinajstić information content (AvgIpc) is 2.52. The molecule has 0 fully saturated rings. The van der Waals surface area contributed by atoms with Gasteiger partial charge in [-0.1, -0.05) is 0 Å². The van der Waals surface area contributed by atoms with Crippen LogP contribution in [0.4, 0.5) is 14.5 Å². The van der Waals surface area contributed by atoms with Gasteiger partial charge in [-0.15, -0.1) is 0 Å². The molecule has 124 valence electrons. The molecular formula is C14H11Br2F2NO4. The fourth-order valence-corrected chi connectivity index (χ4v) is 2.01. The van der Waals surface area contributed by atoms with Gasteiger partial charge in [0.1, 0.15) is 17.4 Å². The second kappa shape index (κ2) is 8.78. The maximum absolute atomic E-state index is 12.9. The van der Waals surface area contributed by atoms with Gasteiger partial charge in [-0.05, 0) is 44.0 Å². The molecule has 0 unspecified atom stereocenters. The minimum atomic E-state index is -0.636. The highest BCUT2D eigenvalue weighted by Crippen LogP contribution is 2.31. The Morgan fingerprint density at radius 1 is 1.00 bits per heavy atom. The van der Waals surface area contributed by atoms with E-state index in [-0.39, 0.29) is 21.7 Å². The topological polar surface area (TPSA) is 61.6 Å². The lowest BCUT2D eigenvalue weighted by Gasteiger charge is -2.02. The molecule has 0 radical (unpaired) electrons. The summed E-state index contributed by atoms with van der Waals surface area (Å²) in [6, 6.07) is 6.64. The van der Waals surface area contributed by atoms with Gasteiger partial charge < -0.3 is 9.47 Å². The van der Waals surface area contributed by atoms with E-state index in [1.54, 1.807) is 12.1 Å². The fraction of sp³-hybridized carbons (Fsp3) is 0.143. The smallest absolute Gasteiger partial charge is 0.312 e. The molecule has 0 atom stereocenters. The highest BCUT2D eigenvalue weighted by Gasteiger charge is 2.17. The number of benzene rings is 2. The van der Waals surface area contributed by atoms with Crippen molar-refractivity contribution in [3.8, 4) is 11.5 Å². The van der Waals surface area contributed by atoms with E-state index in [0.717, 1.165) is 12.1 Å². The molecule has 9 heteroatoms. The van der Waals surface area contributed by atoms with E-state index < -0.39 is 10.7 Å². The van der Waals surface area contributed by atoms with Crippen molar-refractivity contribution in [3.05, 3.63) is 61.0 Å². The zero-order valence-corrected chi connectivity index (χ0v) is 15.2. The first kappa shape index (κ1) is 19.3. The van der Waals surface area contributed by atoms with E-state index in [0.29, 0.717) is 10.2 Å². The highest BCUT2D eigenvalue weighted by molar-refractivity contribution is 9.10. The molecule has 2 rings (SSSR count). The Labute approximate surface area is 147 Å². The molecule has 0 heterocycles. The van der Waals surface area contributed by atoms with E-state index in [4.69, 9.17) is 4.74 Å². The SMILES string of the molecule is COc1cc(F)c(Br)cc1[N+](=O)[O-].COc1ccc(Br)c(F)c1. The third-order valence-electron chi connectivity index (χ3n) is 2.55. The summed E-state index contributed by atoms with van der Waals surface area (Å²) in [4.78, 5) is 9.79. The van der Waals surface area contributed by atoms with E-state index in [1.165, 1.54) is 20.3 Å². The number of nitrogens with zero attached hydrogens (tertiary/aromatic N) is 1. The van der Waals surface area contributed by atoms with Crippen molar-refractivity contribution >= 4 is 37.5 Å². The van der Waals surface area contributed by atoms with Crippen LogP contribution in [0.25, 0.3) is 0 Å². The van der Waals surface area contributed by atoms with Crippen molar-refractivity contribution in [2.45, 2.75) is 0 Å². The molecule has 2 aromatic carbocycles. The second-order valence-electron chi connectivity index (χ2n) is 3.98. The van der Waals surface area contributed by atoms with Crippen LogP contribution >= 0.6 is 31.9 Å². The number of nitro benzene ring substituents is 1. The fourth-order valence-electron chi connectivity index (χ4n) is 1.43. The second-order valence-corrected chi connectivity index (χ2v) is 5.68. The summed E-state index contributed by atoms with van der Waals surface area (Å²) >= 11 is 5.87. The Balaban J connectivity index is 0.000000238. The van der Waals surface area contributed by atoms with Gasteiger partial charge in [0.15, 0.2) is 5.75 Å². The Hall–Kier alpha value is -1.74. The predicted octanol–water partition coefficient (Wildman–Crippen LogP) is 5.10. The largest absolute Gasteiger partial charge is 0.497 e. The van der Waals surface area contributed by atoms with Gasteiger partial charge in [-0.2, -0.15) is 0 Å². The Morgan fingerprint density at radius 2 is 1.61 bits per heavy atom. The summed E-state index contributed by atoms with van der Waals surface area (Å²) in [6.45, 7) is 0. The summed E-state index contributed by atoms with van der Waals surface area (Å²) in [6.07, 6.45) is 0. The van der Waals surface area contributed by atoms with Crippen LogP contribution in [0.15, 0.2) is 39.3 Å². The first-order chi connectivity index (χ1) is 10.8. The average molecular weight is 455 g/mol. The van der Waals surface area contributed by atoms with Crippen molar-refractivity contribution in [1.29, 1.82) is 0 Å². The van der Waals surface area contributed by atoms with E-state index >= 15 is 0 Å². The maximum atomic E-state index is 12.9. The minimum Gasteiger partial charge on any atom is -0.497 e. The zero-order valence-electron chi connectivity index (χ0n) is 12.0. The molecular weight excluding hydrogens is 444 g/mol. The lowest BCUT2D eigenvalue weighted by atomic mass is 10.3. The monoisotopic (exact) mass is 453 g/mol. The van der Waals surface area contributed by atoms with Gasteiger partial charge in [0, 0.05) is 18.2 Å². The van der Waals surface area contributed by atoms with Crippen LogP contribution in [0.5, 0.6) is 11.5 Å². The van der Waals surface area contributed by atoms with Crippen LogP contribution in [-0.2, 0) is 0 Å². The van der Waals surface area contributed by atoms with Crippen LogP contribution in [-0.4, -0.2) is 19.1 Å². The number of rotatable bonds is 3. The van der Waals surface area contributed by atoms with Crippen LogP contribution in [0.1, 0.15) is 0 Å². The molecule has 0 N–H and O–H groups in total. The standard InChI is InChI=1S/C7H5BrFNO3.C7H6BrFO/c1-13-7-3-5(9)4(8)2-6(7)10(11)12;1-10-5-2-3-6(8)7(9)4-5/h2-3H,1H3;2-4H,1H3. The summed E-state index contributed by atoms with van der Waals surface area (Å²) in [5, 5.41) is 10.4. The first-order valence-corrected chi connectivity index (χ1v) is 7.55. The lowest BCUT2D eigenvalue weighted by Crippen LogP contribution is -1.94. The highest BCUT2D eigenvalue weighted by atomic mass is 79.9. The van der Waals surface area contributed by atoms with Gasteiger partial charge in [0.25, 0.3) is 0 Å². The molecule has 0 saturated heterocycles. The molecule has 0 aliphatic carbocycles. The number of hydrogen-bond acceptors (Lipinski definition) is 4. The number of halogens is 4. The van der Waals surface area contributed by atoms with Crippen LogP contribution < -0.4 is 9.47 Å². The van der Waals surface area contributed by atoms with Gasteiger partial charge >= 0.3 is 5.69 Å². The molecule has 0 bridgehead atoms. The summed E-state index contributed by atoms with van der Waals surface area (Å²) in [5.74, 6) is -0.465. The minimum absolute atomic E-state index is 0.0417. The van der Waals surface area contributed by atoms with Crippen molar-refractivity contribution in [2.75, 3.05) is 14.2 Å². The van der Waals surface area contributed by atoms with Crippen molar-refractivity contribution in [1.82, 2.24) is 0 Å². The molecule has 0 spiro atoms. The van der Waals surface area contributed by atoms with Crippen molar-refractivity contribution in [2.24, 2.45) is 0 Å². The number of ether oxygens (including phenoxy) is 2. The number of methoxy groups -OCH3 is 2. The predicted molar refractivity (Wildman–Crippen MR) is 88.0 cm³/mol. The molecule has 0 aromatic heterocycles. The Bertz CT molecular complexity index is 713. The van der Waals surface area contributed by atoms with Gasteiger partial charge in [-0.25, -0.2) is 8.78 Å². The Morgan fingerprint density at radius 3 is 2.09 bits per heavy atom. The van der Waals surface area contributed by atoms with E-state index in [1.807, 2.05) is 0 Å². The summed E-state index contributed by atoms with van der Waals surface area (Å²) in [5.41, 5.74) is -0.268. The molecule has 0 amide bonds. The first-order valence-electron chi connectivity index (χ1n) is 5.96. The quantitative estimate of drug-likeness (QED) is 0.478. The molecule has 0 aliphatic rings. The van der Waals surface area contributed by atoms with E-state index in [9.17, 15) is 18.9 Å².